The minimum atomic E-state index is -0.140. The lowest BCUT2D eigenvalue weighted by molar-refractivity contribution is -0.00814. The summed E-state index contributed by atoms with van der Waals surface area (Å²) in [5.41, 5.74) is 1.70. The van der Waals surface area contributed by atoms with Crippen LogP contribution in [0, 0.1) is 11.3 Å². The number of hydrogen-bond donors (Lipinski definition) is 0. The zero-order valence-electron chi connectivity index (χ0n) is 14.1. The number of pyridine rings is 1. The molecule has 0 bridgehead atoms. The summed E-state index contributed by atoms with van der Waals surface area (Å²) < 4.78 is 12.3. The summed E-state index contributed by atoms with van der Waals surface area (Å²) in [7, 11) is 0. The second-order valence-electron chi connectivity index (χ2n) is 6.81. The van der Waals surface area contributed by atoms with Gasteiger partial charge < -0.3 is 14.4 Å². The Balaban J connectivity index is 1.43. The van der Waals surface area contributed by atoms with E-state index >= 15 is 0 Å². The lowest BCUT2D eigenvalue weighted by Gasteiger charge is -2.40. The normalized spacial score (nSPS) is 25.7. The molecule has 5 heteroatoms. The molecule has 2 aliphatic heterocycles. The molecule has 5 nitrogen and oxygen atoms in total. The molecule has 1 spiro atoms. The van der Waals surface area contributed by atoms with Crippen molar-refractivity contribution in [2.75, 3.05) is 24.6 Å². The summed E-state index contributed by atoms with van der Waals surface area (Å²) in [4.78, 5) is 6.46. The van der Waals surface area contributed by atoms with E-state index in [-0.39, 0.29) is 11.7 Å². The lowest BCUT2D eigenvalue weighted by Crippen LogP contribution is -2.48. The molecular weight excluding hydrogens is 314 g/mol. The molecule has 2 aromatic rings. The van der Waals surface area contributed by atoms with Crippen LogP contribution in [0.1, 0.15) is 24.8 Å². The molecule has 2 atom stereocenters. The summed E-state index contributed by atoms with van der Waals surface area (Å²) in [5, 5.41) is 8.95. The van der Waals surface area contributed by atoms with Crippen molar-refractivity contribution in [3.63, 3.8) is 0 Å². The van der Waals surface area contributed by atoms with Crippen molar-refractivity contribution in [3.05, 3.63) is 54.4 Å². The molecule has 0 amide bonds. The smallest absolute Gasteiger partial charge is 0.138 e. The molecule has 0 unspecified atom stereocenters. The Hall–Kier alpha value is -2.58. The predicted octanol–water partition coefficient (Wildman–Crippen LogP) is 3.16. The highest BCUT2D eigenvalue weighted by Gasteiger charge is 2.44. The Morgan fingerprint density at radius 1 is 1.28 bits per heavy atom. The standard InChI is InChI=1S/C20H21N3O2/c21-12-16-4-6-17(7-5-16)23-10-2-8-20(15-23)11-19(14-24-20)25-18-3-1-9-22-13-18/h1,3-7,9,13,19H,2,8,10-11,14-15H2/t19-,20+/m0/s1. The number of ether oxygens (including phenoxy) is 2. The van der Waals surface area contributed by atoms with Gasteiger partial charge in [0.05, 0.1) is 30.0 Å². The maximum atomic E-state index is 8.95. The molecule has 0 aliphatic carbocycles. The average Bonchev–Trinajstić information content (AvgIpc) is 3.04. The van der Waals surface area contributed by atoms with Gasteiger partial charge in [-0.1, -0.05) is 0 Å². The topological polar surface area (TPSA) is 58.4 Å². The first-order valence-corrected chi connectivity index (χ1v) is 8.72. The van der Waals surface area contributed by atoms with Crippen molar-refractivity contribution < 1.29 is 9.47 Å². The van der Waals surface area contributed by atoms with E-state index in [9.17, 15) is 0 Å². The van der Waals surface area contributed by atoms with E-state index in [1.54, 1.807) is 12.4 Å². The first kappa shape index (κ1) is 15.9. The van der Waals surface area contributed by atoms with E-state index in [1.807, 2.05) is 36.4 Å². The molecule has 2 saturated heterocycles. The van der Waals surface area contributed by atoms with E-state index in [2.05, 4.69) is 16.0 Å². The molecule has 2 fully saturated rings. The molecule has 1 aromatic carbocycles. The summed E-state index contributed by atoms with van der Waals surface area (Å²) >= 11 is 0. The highest BCUT2D eigenvalue weighted by atomic mass is 16.6. The first-order valence-electron chi connectivity index (χ1n) is 8.72. The summed E-state index contributed by atoms with van der Waals surface area (Å²) in [6.07, 6.45) is 6.62. The lowest BCUT2D eigenvalue weighted by atomic mass is 9.89. The molecule has 128 valence electrons. The van der Waals surface area contributed by atoms with Gasteiger partial charge in [-0.15, -0.1) is 0 Å². The molecule has 2 aliphatic rings. The van der Waals surface area contributed by atoms with Gasteiger partial charge in [0, 0.05) is 31.4 Å². The van der Waals surface area contributed by atoms with Crippen molar-refractivity contribution in [2.45, 2.75) is 31.0 Å². The maximum Gasteiger partial charge on any atom is 0.138 e. The fourth-order valence-electron chi connectivity index (χ4n) is 3.84. The van der Waals surface area contributed by atoms with Gasteiger partial charge in [-0.25, -0.2) is 0 Å². The average molecular weight is 335 g/mol. The highest BCUT2D eigenvalue weighted by Crippen LogP contribution is 2.37. The van der Waals surface area contributed by atoms with Crippen molar-refractivity contribution >= 4 is 5.69 Å². The van der Waals surface area contributed by atoms with Crippen LogP contribution < -0.4 is 9.64 Å². The zero-order valence-corrected chi connectivity index (χ0v) is 14.1. The fourth-order valence-corrected chi connectivity index (χ4v) is 3.84. The van der Waals surface area contributed by atoms with Gasteiger partial charge in [0.1, 0.15) is 11.9 Å². The molecule has 1 aromatic heterocycles. The Bertz CT molecular complexity index is 757. The second-order valence-corrected chi connectivity index (χ2v) is 6.81. The van der Waals surface area contributed by atoms with Crippen LogP contribution >= 0.6 is 0 Å². The van der Waals surface area contributed by atoms with Gasteiger partial charge in [-0.3, -0.25) is 4.98 Å². The van der Waals surface area contributed by atoms with Gasteiger partial charge in [0.15, 0.2) is 0 Å². The zero-order chi connectivity index (χ0) is 17.1. The largest absolute Gasteiger partial charge is 0.486 e. The number of benzene rings is 1. The van der Waals surface area contributed by atoms with E-state index < -0.39 is 0 Å². The quantitative estimate of drug-likeness (QED) is 0.862. The van der Waals surface area contributed by atoms with Crippen LogP contribution in [0.4, 0.5) is 5.69 Å². The van der Waals surface area contributed by atoms with Crippen LogP contribution in [0.2, 0.25) is 0 Å². The minimum Gasteiger partial charge on any atom is -0.486 e. The minimum absolute atomic E-state index is 0.0742. The van der Waals surface area contributed by atoms with Crippen LogP contribution in [0.3, 0.4) is 0 Å². The van der Waals surface area contributed by atoms with Gasteiger partial charge >= 0.3 is 0 Å². The van der Waals surface area contributed by atoms with Crippen LogP contribution in [0.25, 0.3) is 0 Å². The summed E-state index contributed by atoms with van der Waals surface area (Å²) in [6, 6.07) is 13.8. The van der Waals surface area contributed by atoms with Crippen molar-refractivity contribution in [1.82, 2.24) is 4.98 Å². The van der Waals surface area contributed by atoms with Gasteiger partial charge in [-0.05, 0) is 49.2 Å². The monoisotopic (exact) mass is 335 g/mol. The Morgan fingerprint density at radius 2 is 2.16 bits per heavy atom. The highest BCUT2D eigenvalue weighted by molar-refractivity contribution is 5.50. The summed E-state index contributed by atoms with van der Waals surface area (Å²) in [6.45, 7) is 2.51. The Labute approximate surface area is 147 Å². The van der Waals surface area contributed by atoms with Gasteiger partial charge in [0.25, 0.3) is 0 Å². The SMILES string of the molecule is N#Cc1ccc(N2CCC[C@@]3(C[C@H](Oc4cccnc4)CO3)C2)cc1. The third-order valence-electron chi connectivity index (χ3n) is 5.01. The fraction of sp³-hybridized carbons (Fsp3) is 0.400. The molecule has 25 heavy (non-hydrogen) atoms. The van der Waals surface area contributed by atoms with Crippen LogP contribution in [-0.4, -0.2) is 36.4 Å². The number of aromatic nitrogens is 1. The first-order chi connectivity index (χ1) is 12.3. The second kappa shape index (κ2) is 6.73. The van der Waals surface area contributed by atoms with E-state index in [1.165, 1.54) is 0 Å². The van der Waals surface area contributed by atoms with E-state index in [4.69, 9.17) is 14.7 Å². The molecular formula is C20H21N3O2. The molecule has 3 heterocycles. The van der Waals surface area contributed by atoms with Crippen LogP contribution in [0.5, 0.6) is 5.75 Å². The molecule has 0 radical (unpaired) electrons. The van der Waals surface area contributed by atoms with Crippen LogP contribution in [0.15, 0.2) is 48.8 Å². The molecule has 0 saturated carbocycles. The summed E-state index contributed by atoms with van der Waals surface area (Å²) in [5.74, 6) is 0.799. The number of nitriles is 1. The number of nitrogens with zero attached hydrogens (tertiary/aromatic N) is 3. The third-order valence-corrected chi connectivity index (χ3v) is 5.01. The Morgan fingerprint density at radius 3 is 2.92 bits per heavy atom. The van der Waals surface area contributed by atoms with Crippen molar-refractivity contribution in [1.29, 1.82) is 5.26 Å². The van der Waals surface area contributed by atoms with Crippen molar-refractivity contribution in [2.24, 2.45) is 0 Å². The number of piperidine rings is 1. The maximum absolute atomic E-state index is 8.95. The van der Waals surface area contributed by atoms with Gasteiger partial charge in [-0.2, -0.15) is 5.26 Å². The van der Waals surface area contributed by atoms with E-state index in [0.29, 0.717) is 12.2 Å². The van der Waals surface area contributed by atoms with Gasteiger partial charge in [0.2, 0.25) is 0 Å². The van der Waals surface area contributed by atoms with E-state index in [0.717, 1.165) is 43.8 Å². The molecule has 4 rings (SSSR count). The third kappa shape index (κ3) is 3.45. The van der Waals surface area contributed by atoms with Crippen LogP contribution in [-0.2, 0) is 4.74 Å². The number of rotatable bonds is 3. The Kier molecular flexibility index (Phi) is 4.29. The number of hydrogen-bond acceptors (Lipinski definition) is 5. The predicted molar refractivity (Wildman–Crippen MR) is 94.6 cm³/mol. The molecule has 0 N–H and O–H groups in total. The number of anilines is 1. The van der Waals surface area contributed by atoms with Crippen molar-refractivity contribution in [3.8, 4) is 11.8 Å².